The summed E-state index contributed by atoms with van der Waals surface area (Å²) in [5, 5.41) is 10.5. The van der Waals surface area contributed by atoms with E-state index in [0.717, 1.165) is 0 Å². The average Bonchev–Trinajstić information content (AvgIpc) is 2.90. The number of ether oxygens (including phenoxy) is 2. The number of carbonyl (C=O) groups is 2. The van der Waals surface area contributed by atoms with Crippen LogP contribution in [0.1, 0.15) is 40.9 Å². The zero-order valence-electron chi connectivity index (χ0n) is 20.5. The summed E-state index contributed by atoms with van der Waals surface area (Å²) < 4.78 is 26.8. The Balaban J connectivity index is 0.00000507. The van der Waals surface area contributed by atoms with E-state index in [0.29, 0.717) is 22.1 Å². The van der Waals surface area contributed by atoms with E-state index in [1.165, 1.54) is 37.7 Å². The molecule has 202 valence electrons. The lowest BCUT2D eigenvalue weighted by Gasteiger charge is -2.22. The molecule has 6 N–H and O–H groups in total. The first-order valence-electron chi connectivity index (χ1n) is 11.2. The molecule has 1 unspecified atom stereocenters. The van der Waals surface area contributed by atoms with E-state index in [9.17, 15) is 9.59 Å². The molecule has 1 aromatic heterocycles. The SMILES string of the molecule is CCCOc1cc(OC)cc(C(Nc2ccc(C(=N)N)cc2)C(=O)NNC(=O)c2ccncc2Br)c1F.Cl. The molecule has 38 heavy (non-hydrogen) atoms. The number of hydrogen-bond donors (Lipinski definition) is 5. The number of nitrogen functional groups attached to an aromatic ring is 1. The van der Waals surface area contributed by atoms with Crippen molar-refractivity contribution in [2.45, 2.75) is 19.4 Å². The van der Waals surface area contributed by atoms with Crippen LogP contribution >= 0.6 is 28.3 Å². The molecular formula is C25H27BrClFN6O4. The number of hydrazine groups is 1. The van der Waals surface area contributed by atoms with Crippen molar-refractivity contribution in [2.24, 2.45) is 5.73 Å². The number of nitrogens with two attached hydrogens (primary N) is 1. The van der Waals surface area contributed by atoms with E-state index in [1.807, 2.05) is 6.92 Å². The highest BCUT2D eigenvalue weighted by atomic mass is 79.9. The van der Waals surface area contributed by atoms with Crippen molar-refractivity contribution >= 4 is 51.7 Å². The van der Waals surface area contributed by atoms with Crippen LogP contribution in [0.15, 0.2) is 59.3 Å². The van der Waals surface area contributed by atoms with Gasteiger partial charge in [0.2, 0.25) is 0 Å². The van der Waals surface area contributed by atoms with E-state index < -0.39 is 23.7 Å². The maximum atomic E-state index is 15.6. The van der Waals surface area contributed by atoms with Gasteiger partial charge in [-0.3, -0.25) is 30.8 Å². The quantitative estimate of drug-likeness (QED) is 0.132. The Morgan fingerprint density at radius 1 is 1.18 bits per heavy atom. The smallest absolute Gasteiger partial charge is 0.270 e. The van der Waals surface area contributed by atoms with E-state index in [-0.39, 0.29) is 47.5 Å². The molecule has 3 aromatic rings. The normalized spacial score (nSPS) is 10.9. The second-order valence-corrected chi connectivity index (χ2v) is 8.60. The monoisotopic (exact) mass is 608 g/mol. The van der Waals surface area contributed by atoms with Gasteiger partial charge >= 0.3 is 0 Å². The number of amides is 2. The van der Waals surface area contributed by atoms with Crippen molar-refractivity contribution in [3.8, 4) is 11.5 Å². The average molecular weight is 610 g/mol. The highest BCUT2D eigenvalue weighted by molar-refractivity contribution is 9.10. The van der Waals surface area contributed by atoms with Crippen LogP contribution < -0.4 is 31.4 Å². The van der Waals surface area contributed by atoms with Crippen molar-refractivity contribution < 1.29 is 23.5 Å². The molecule has 0 radical (unpaired) electrons. The Kier molecular flexibility index (Phi) is 11.3. The molecular weight excluding hydrogens is 583 g/mol. The molecule has 0 fully saturated rings. The van der Waals surface area contributed by atoms with Gasteiger partial charge in [-0.05, 0) is 58.7 Å². The summed E-state index contributed by atoms with van der Waals surface area (Å²) in [6, 6.07) is 9.28. The second-order valence-electron chi connectivity index (χ2n) is 7.74. The third-order valence-electron chi connectivity index (χ3n) is 5.13. The second kappa shape index (κ2) is 14.1. The molecule has 0 aliphatic rings. The highest BCUT2D eigenvalue weighted by Gasteiger charge is 2.28. The van der Waals surface area contributed by atoms with Gasteiger partial charge in [0.05, 0.1) is 19.3 Å². The topological polar surface area (TPSA) is 151 Å². The number of carbonyl (C=O) groups excluding carboxylic acids is 2. The Bertz CT molecular complexity index is 1300. The number of aromatic nitrogens is 1. The van der Waals surface area contributed by atoms with Crippen LogP contribution in [0.3, 0.4) is 0 Å². The molecule has 2 amide bonds. The van der Waals surface area contributed by atoms with Crippen LogP contribution in [0, 0.1) is 11.2 Å². The number of nitrogens with zero attached hydrogens (tertiary/aromatic N) is 1. The summed E-state index contributed by atoms with van der Waals surface area (Å²) >= 11 is 3.23. The lowest BCUT2D eigenvalue weighted by molar-refractivity contribution is -0.122. The fourth-order valence-electron chi connectivity index (χ4n) is 3.25. The first kappa shape index (κ1) is 30.3. The Labute approximate surface area is 233 Å². The Hall–Kier alpha value is -3.90. The van der Waals surface area contributed by atoms with Crippen molar-refractivity contribution in [2.75, 3.05) is 19.0 Å². The third kappa shape index (κ3) is 7.56. The minimum atomic E-state index is -1.32. The molecule has 2 aromatic carbocycles. The summed E-state index contributed by atoms with van der Waals surface area (Å²) in [7, 11) is 1.41. The zero-order valence-corrected chi connectivity index (χ0v) is 22.9. The van der Waals surface area contributed by atoms with Crippen LogP contribution in [-0.2, 0) is 4.79 Å². The number of rotatable bonds is 10. The number of anilines is 1. The molecule has 10 nitrogen and oxygen atoms in total. The fourth-order valence-corrected chi connectivity index (χ4v) is 3.68. The molecule has 13 heteroatoms. The minimum Gasteiger partial charge on any atom is -0.497 e. The van der Waals surface area contributed by atoms with Crippen molar-refractivity contribution in [3.05, 3.63) is 81.8 Å². The molecule has 1 heterocycles. The molecule has 1 atom stereocenters. The highest BCUT2D eigenvalue weighted by Crippen LogP contribution is 2.33. The van der Waals surface area contributed by atoms with Crippen LogP contribution in [-0.4, -0.2) is 36.4 Å². The van der Waals surface area contributed by atoms with Gasteiger partial charge in [-0.15, -0.1) is 12.4 Å². The van der Waals surface area contributed by atoms with Crippen molar-refractivity contribution in [1.82, 2.24) is 15.8 Å². The first-order chi connectivity index (χ1) is 17.7. The van der Waals surface area contributed by atoms with Crippen LogP contribution in [0.4, 0.5) is 10.1 Å². The standard InChI is InChI=1S/C25H26BrFN6O4.ClH/c1-3-10-37-20-12-16(36-2)11-18(21(20)27)22(31-15-6-4-14(5-7-15)23(28)29)25(35)33-32-24(34)17-8-9-30-13-19(17)26;/h4-9,11-13,22,31H,3,10H2,1-2H3,(H3,28,29)(H,32,34)(H,33,35);1H. The van der Waals surface area contributed by atoms with Gasteiger partial charge in [-0.1, -0.05) is 6.92 Å². The lowest BCUT2D eigenvalue weighted by Crippen LogP contribution is -2.45. The Morgan fingerprint density at radius 2 is 1.89 bits per heavy atom. The van der Waals surface area contributed by atoms with E-state index >= 15 is 4.39 Å². The van der Waals surface area contributed by atoms with Gasteiger partial charge in [0.25, 0.3) is 11.8 Å². The van der Waals surface area contributed by atoms with Gasteiger partial charge in [-0.25, -0.2) is 4.39 Å². The third-order valence-corrected chi connectivity index (χ3v) is 5.77. The Morgan fingerprint density at radius 3 is 2.50 bits per heavy atom. The predicted molar refractivity (Wildman–Crippen MR) is 147 cm³/mol. The number of nitrogens with one attached hydrogen (secondary N) is 4. The van der Waals surface area contributed by atoms with Crippen LogP contribution in [0.2, 0.25) is 0 Å². The van der Waals surface area contributed by atoms with Crippen molar-refractivity contribution in [3.63, 3.8) is 0 Å². The molecule has 0 saturated carbocycles. The molecule has 0 spiro atoms. The number of pyridine rings is 1. The summed E-state index contributed by atoms with van der Waals surface area (Å²) in [6.45, 7) is 2.14. The first-order valence-corrected chi connectivity index (χ1v) is 11.9. The number of methoxy groups -OCH3 is 1. The summed E-state index contributed by atoms with van der Waals surface area (Å²) in [4.78, 5) is 29.8. The zero-order chi connectivity index (χ0) is 26.9. The number of benzene rings is 2. The fraction of sp³-hybridized carbons (Fsp3) is 0.200. The van der Waals surface area contributed by atoms with Gasteiger partial charge < -0.3 is 20.5 Å². The molecule has 0 aliphatic heterocycles. The molecule has 0 saturated heterocycles. The maximum Gasteiger partial charge on any atom is 0.270 e. The number of amidine groups is 1. The van der Waals surface area contributed by atoms with Gasteiger partial charge in [0, 0.05) is 39.7 Å². The maximum absolute atomic E-state index is 15.6. The van der Waals surface area contributed by atoms with Crippen LogP contribution in [0.25, 0.3) is 0 Å². The van der Waals surface area contributed by atoms with Gasteiger partial charge in [0.15, 0.2) is 11.6 Å². The van der Waals surface area contributed by atoms with Crippen molar-refractivity contribution in [1.29, 1.82) is 5.41 Å². The lowest BCUT2D eigenvalue weighted by atomic mass is 10.0. The van der Waals surface area contributed by atoms with E-state index in [1.54, 1.807) is 24.3 Å². The molecule has 0 bridgehead atoms. The molecule has 3 rings (SSSR count). The van der Waals surface area contributed by atoms with E-state index in [4.69, 9.17) is 20.6 Å². The number of hydrogen-bond acceptors (Lipinski definition) is 7. The largest absolute Gasteiger partial charge is 0.497 e. The summed E-state index contributed by atoms with van der Waals surface area (Å²) in [5.74, 6) is -2.05. The van der Waals surface area contributed by atoms with Gasteiger partial charge in [-0.2, -0.15) is 0 Å². The molecule has 0 aliphatic carbocycles. The van der Waals surface area contributed by atoms with E-state index in [2.05, 4.69) is 37.1 Å². The predicted octanol–water partition coefficient (Wildman–Crippen LogP) is 4.10. The summed E-state index contributed by atoms with van der Waals surface area (Å²) in [6.07, 6.45) is 3.52. The number of halogens is 3. The van der Waals surface area contributed by atoms with Crippen LogP contribution in [0.5, 0.6) is 11.5 Å². The minimum absolute atomic E-state index is 0. The summed E-state index contributed by atoms with van der Waals surface area (Å²) in [5.41, 5.74) is 11.3. The van der Waals surface area contributed by atoms with Gasteiger partial charge in [0.1, 0.15) is 17.6 Å².